The lowest BCUT2D eigenvalue weighted by molar-refractivity contribution is -0.0325. The molecule has 0 aliphatic heterocycles. The van der Waals surface area contributed by atoms with Gasteiger partial charge in [0.25, 0.3) is 0 Å². The summed E-state index contributed by atoms with van der Waals surface area (Å²) in [5, 5.41) is 25.4. The van der Waals surface area contributed by atoms with Crippen LogP contribution in [0.1, 0.15) is 57.2 Å². The minimum absolute atomic E-state index is 0.171. The van der Waals surface area contributed by atoms with Crippen LogP contribution in [-0.2, 0) is 6.54 Å². The van der Waals surface area contributed by atoms with E-state index >= 15 is 0 Å². The zero-order valence-corrected chi connectivity index (χ0v) is 12.2. The third-order valence-corrected chi connectivity index (χ3v) is 4.30. The largest absolute Gasteiger partial charge is 0.390 e. The zero-order valence-electron chi connectivity index (χ0n) is 11.4. The summed E-state index contributed by atoms with van der Waals surface area (Å²) in [5.41, 5.74) is 0.557. The van der Waals surface area contributed by atoms with E-state index in [9.17, 15) is 10.2 Å². The van der Waals surface area contributed by atoms with E-state index in [1.807, 2.05) is 6.92 Å². The molecule has 5 heteroatoms. The van der Waals surface area contributed by atoms with Crippen LogP contribution < -0.4 is 0 Å². The SMILES string of the molecule is CCCn1ncc(Cl)c1C(O)C(O)C1CCCCC1. The van der Waals surface area contributed by atoms with Crippen molar-refractivity contribution in [2.45, 2.75) is 64.2 Å². The Morgan fingerprint density at radius 3 is 2.68 bits per heavy atom. The van der Waals surface area contributed by atoms with E-state index in [0.717, 1.165) is 32.1 Å². The van der Waals surface area contributed by atoms with Crippen LogP contribution >= 0.6 is 11.6 Å². The molecule has 2 atom stereocenters. The van der Waals surface area contributed by atoms with Gasteiger partial charge in [-0.3, -0.25) is 4.68 Å². The average Bonchev–Trinajstić information content (AvgIpc) is 2.80. The summed E-state index contributed by atoms with van der Waals surface area (Å²) in [6.45, 7) is 2.75. The van der Waals surface area contributed by atoms with E-state index in [0.29, 0.717) is 17.3 Å². The topological polar surface area (TPSA) is 58.3 Å². The van der Waals surface area contributed by atoms with E-state index in [1.54, 1.807) is 10.9 Å². The van der Waals surface area contributed by atoms with Gasteiger partial charge in [-0.2, -0.15) is 5.10 Å². The summed E-state index contributed by atoms with van der Waals surface area (Å²) in [7, 11) is 0. The Balaban J connectivity index is 2.13. The standard InChI is InChI=1S/C14H23ClN2O2/c1-2-8-17-12(11(15)9-16-17)14(19)13(18)10-6-4-3-5-7-10/h9-10,13-14,18-19H,2-8H2,1H3. The Morgan fingerprint density at radius 1 is 1.37 bits per heavy atom. The molecule has 2 N–H and O–H groups in total. The summed E-state index contributed by atoms with van der Waals surface area (Å²) in [5.74, 6) is 0.171. The Hall–Kier alpha value is -0.580. The summed E-state index contributed by atoms with van der Waals surface area (Å²) in [6.07, 6.45) is 6.24. The van der Waals surface area contributed by atoms with E-state index in [2.05, 4.69) is 5.10 Å². The first-order chi connectivity index (χ1) is 9.15. The molecule has 0 spiro atoms. The third-order valence-electron chi connectivity index (χ3n) is 4.01. The predicted octanol–water partition coefficient (Wildman–Crippen LogP) is 2.92. The van der Waals surface area contributed by atoms with Crippen molar-refractivity contribution in [2.75, 3.05) is 0 Å². The highest BCUT2D eigenvalue weighted by Crippen LogP contribution is 2.34. The number of rotatable bonds is 5. The number of aliphatic hydroxyl groups is 2. The van der Waals surface area contributed by atoms with E-state index in [-0.39, 0.29) is 5.92 Å². The van der Waals surface area contributed by atoms with Crippen LogP contribution in [0.4, 0.5) is 0 Å². The first-order valence-electron chi connectivity index (χ1n) is 7.22. The van der Waals surface area contributed by atoms with E-state index in [4.69, 9.17) is 11.6 Å². The van der Waals surface area contributed by atoms with Gasteiger partial charge < -0.3 is 10.2 Å². The van der Waals surface area contributed by atoms with Gasteiger partial charge in [0, 0.05) is 6.54 Å². The molecule has 1 aliphatic rings. The minimum Gasteiger partial charge on any atom is -0.390 e. The van der Waals surface area contributed by atoms with Gasteiger partial charge in [0.1, 0.15) is 6.10 Å². The maximum Gasteiger partial charge on any atom is 0.123 e. The highest BCUT2D eigenvalue weighted by atomic mass is 35.5. The van der Waals surface area contributed by atoms with Crippen LogP contribution in [0.25, 0.3) is 0 Å². The molecule has 2 unspecified atom stereocenters. The molecule has 0 saturated heterocycles. The number of aliphatic hydroxyl groups excluding tert-OH is 2. The van der Waals surface area contributed by atoms with Crippen LogP contribution in [0.5, 0.6) is 0 Å². The number of hydrogen-bond donors (Lipinski definition) is 2. The molecule has 4 nitrogen and oxygen atoms in total. The maximum atomic E-state index is 10.4. The molecule has 1 aromatic rings. The molecule has 0 bridgehead atoms. The van der Waals surface area contributed by atoms with Gasteiger partial charge in [-0.25, -0.2) is 0 Å². The van der Waals surface area contributed by atoms with E-state index < -0.39 is 12.2 Å². The molecule has 2 rings (SSSR count). The molecule has 0 radical (unpaired) electrons. The van der Waals surface area contributed by atoms with Crippen molar-refractivity contribution in [3.8, 4) is 0 Å². The molecule has 1 heterocycles. The fraction of sp³-hybridized carbons (Fsp3) is 0.786. The minimum atomic E-state index is -0.940. The normalized spacial score (nSPS) is 20.4. The van der Waals surface area contributed by atoms with Gasteiger partial charge >= 0.3 is 0 Å². The maximum absolute atomic E-state index is 10.4. The molecule has 1 fully saturated rings. The second kappa shape index (κ2) is 6.73. The average molecular weight is 287 g/mol. The van der Waals surface area contributed by atoms with Crippen LogP contribution in [0.15, 0.2) is 6.20 Å². The molecule has 19 heavy (non-hydrogen) atoms. The number of aromatic nitrogens is 2. The van der Waals surface area contributed by atoms with Crippen molar-refractivity contribution in [2.24, 2.45) is 5.92 Å². The Kier molecular flexibility index (Phi) is 5.25. The van der Waals surface area contributed by atoms with Gasteiger partial charge in [0.2, 0.25) is 0 Å². The zero-order chi connectivity index (χ0) is 13.8. The van der Waals surface area contributed by atoms with Crippen molar-refractivity contribution in [3.63, 3.8) is 0 Å². The molecule has 1 aliphatic carbocycles. The first-order valence-corrected chi connectivity index (χ1v) is 7.60. The Labute approximate surface area is 119 Å². The Bertz CT molecular complexity index is 402. The molecular formula is C14H23ClN2O2. The van der Waals surface area contributed by atoms with Crippen molar-refractivity contribution in [1.29, 1.82) is 0 Å². The van der Waals surface area contributed by atoms with Crippen LogP contribution in [-0.4, -0.2) is 26.1 Å². The quantitative estimate of drug-likeness (QED) is 0.875. The van der Waals surface area contributed by atoms with E-state index in [1.165, 1.54) is 6.42 Å². The lowest BCUT2D eigenvalue weighted by Crippen LogP contribution is -2.31. The summed E-state index contributed by atoms with van der Waals surface area (Å²) < 4.78 is 1.71. The molecule has 108 valence electrons. The summed E-state index contributed by atoms with van der Waals surface area (Å²) in [6, 6.07) is 0. The number of hydrogen-bond acceptors (Lipinski definition) is 3. The third kappa shape index (κ3) is 3.30. The number of aryl methyl sites for hydroxylation is 1. The summed E-state index contributed by atoms with van der Waals surface area (Å²) in [4.78, 5) is 0. The molecular weight excluding hydrogens is 264 g/mol. The van der Waals surface area contributed by atoms with Gasteiger partial charge in [-0.15, -0.1) is 0 Å². The van der Waals surface area contributed by atoms with Crippen molar-refractivity contribution >= 4 is 11.6 Å². The number of halogens is 1. The molecule has 0 aromatic carbocycles. The fourth-order valence-corrected chi connectivity index (χ4v) is 3.20. The Morgan fingerprint density at radius 2 is 2.05 bits per heavy atom. The molecule has 1 aromatic heterocycles. The predicted molar refractivity (Wildman–Crippen MR) is 75.1 cm³/mol. The highest BCUT2D eigenvalue weighted by Gasteiger charge is 2.31. The second-order valence-electron chi connectivity index (χ2n) is 5.43. The molecule has 0 amide bonds. The number of nitrogens with zero attached hydrogens (tertiary/aromatic N) is 2. The van der Waals surface area contributed by atoms with Crippen LogP contribution in [0.3, 0.4) is 0 Å². The van der Waals surface area contributed by atoms with Gasteiger partial charge in [-0.1, -0.05) is 37.8 Å². The lowest BCUT2D eigenvalue weighted by Gasteiger charge is -2.30. The van der Waals surface area contributed by atoms with Gasteiger partial charge in [0.05, 0.1) is 23.0 Å². The summed E-state index contributed by atoms with van der Waals surface area (Å²) >= 11 is 6.10. The molecule has 1 saturated carbocycles. The van der Waals surface area contributed by atoms with Crippen molar-refractivity contribution in [1.82, 2.24) is 9.78 Å². The monoisotopic (exact) mass is 286 g/mol. The van der Waals surface area contributed by atoms with Crippen molar-refractivity contribution in [3.05, 3.63) is 16.9 Å². The van der Waals surface area contributed by atoms with Crippen LogP contribution in [0.2, 0.25) is 5.02 Å². The smallest absolute Gasteiger partial charge is 0.123 e. The fourth-order valence-electron chi connectivity index (χ4n) is 2.95. The second-order valence-corrected chi connectivity index (χ2v) is 5.84. The highest BCUT2D eigenvalue weighted by molar-refractivity contribution is 6.31. The van der Waals surface area contributed by atoms with Gasteiger partial charge in [-0.05, 0) is 25.2 Å². The van der Waals surface area contributed by atoms with Crippen LogP contribution in [0, 0.1) is 5.92 Å². The van der Waals surface area contributed by atoms with Gasteiger partial charge in [0.15, 0.2) is 0 Å². The van der Waals surface area contributed by atoms with Crippen molar-refractivity contribution < 1.29 is 10.2 Å². The first kappa shape index (κ1) is 14.8. The lowest BCUT2D eigenvalue weighted by atomic mass is 9.83.